The van der Waals surface area contributed by atoms with Crippen molar-refractivity contribution < 1.29 is 5.11 Å². The molecule has 4 heteroatoms. The molecule has 0 saturated carbocycles. The summed E-state index contributed by atoms with van der Waals surface area (Å²) in [4.78, 5) is 4.33. The molecule has 0 bridgehead atoms. The lowest BCUT2D eigenvalue weighted by atomic mass is 10.1. The van der Waals surface area contributed by atoms with Crippen LogP contribution in [0.4, 0.5) is 0 Å². The molecular weight excluding hydrogens is 208 g/mol. The third-order valence-electron chi connectivity index (χ3n) is 1.98. The van der Waals surface area contributed by atoms with Gasteiger partial charge in [-0.1, -0.05) is 0 Å². The predicted molar refractivity (Wildman–Crippen MR) is 64.3 cm³/mol. The second-order valence-electron chi connectivity index (χ2n) is 4.85. The van der Waals surface area contributed by atoms with E-state index in [4.69, 9.17) is 0 Å². The quantitative estimate of drug-likeness (QED) is 0.825. The zero-order chi connectivity index (χ0) is 11.5. The maximum absolute atomic E-state index is 9.78. The predicted octanol–water partition coefficient (Wildman–Crippen LogP) is 1.74. The molecule has 1 aromatic rings. The van der Waals surface area contributed by atoms with Crippen molar-refractivity contribution in [1.29, 1.82) is 0 Å². The Bertz CT molecular complexity index is 304. The van der Waals surface area contributed by atoms with Crippen LogP contribution >= 0.6 is 11.3 Å². The summed E-state index contributed by atoms with van der Waals surface area (Å²) in [6.45, 7) is 8.86. The van der Waals surface area contributed by atoms with E-state index in [1.165, 1.54) is 0 Å². The monoisotopic (exact) mass is 228 g/mol. The minimum Gasteiger partial charge on any atom is -0.391 e. The van der Waals surface area contributed by atoms with Crippen LogP contribution in [0.15, 0.2) is 5.38 Å². The van der Waals surface area contributed by atoms with Crippen LogP contribution in [-0.4, -0.2) is 28.3 Å². The van der Waals surface area contributed by atoms with Crippen LogP contribution in [0.3, 0.4) is 0 Å². The summed E-state index contributed by atoms with van der Waals surface area (Å²) in [5, 5.41) is 16.1. The van der Waals surface area contributed by atoms with Crippen LogP contribution in [0.1, 0.15) is 31.5 Å². The van der Waals surface area contributed by atoms with Crippen molar-refractivity contribution >= 4 is 11.3 Å². The van der Waals surface area contributed by atoms with Crippen LogP contribution < -0.4 is 5.32 Å². The third kappa shape index (κ3) is 5.25. The van der Waals surface area contributed by atoms with Gasteiger partial charge in [-0.25, -0.2) is 4.98 Å². The van der Waals surface area contributed by atoms with Gasteiger partial charge in [-0.15, -0.1) is 11.3 Å². The second kappa shape index (κ2) is 5.05. The number of hydrogen-bond acceptors (Lipinski definition) is 4. The van der Waals surface area contributed by atoms with Gasteiger partial charge in [-0.3, -0.25) is 0 Å². The van der Waals surface area contributed by atoms with Crippen molar-refractivity contribution in [2.45, 2.75) is 45.8 Å². The van der Waals surface area contributed by atoms with Crippen molar-refractivity contribution in [3.05, 3.63) is 16.1 Å². The number of rotatable bonds is 4. The minimum atomic E-state index is -0.356. The number of nitrogens with one attached hydrogen (secondary N) is 1. The van der Waals surface area contributed by atoms with Gasteiger partial charge in [0.1, 0.15) is 0 Å². The van der Waals surface area contributed by atoms with Gasteiger partial charge in [0.2, 0.25) is 0 Å². The van der Waals surface area contributed by atoms with Crippen LogP contribution in [0.5, 0.6) is 0 Å². The van der Waals surface area contributed by atoms with Crippen LogP contribution in [0.2, 0.25) is 0 Å². The number of aliphatic hydroxyl groups is 1. The lowest BCUT2D eigenvalue weighted by Gasteiger charge is -2.22. The molecule has 2 N–H and O–H groups in total. The van der Waals surface area contributed by atoms with Gasteiger partial charge in [0.05, 0.1) is 16.8 Å². The maximum Gasteiger partial charge on any atom is 0.0897 e. The highest BCUT2D eigenvalue weighted by Crippen LogP contribution is 2.10. The largest absolute Gasteiger partial charge is 0.391 e. The van der Waals surface area contributed by atoms with Gasteiger partial charge in [0.15, 0.2) is 0 Å². The molecule has 0 aliphatic carbocycles. The summed E-state index contributed by atoms with van der Waals surface area (Å²) in [6, 6.07) is 0. The maximum atomic E-state index is 9.78. The lowest BCUT2D eigenvalue weighted by molar-refractivity contribution is 0.160. The van der Waals surface area contributed by atoms with Gasteiger partial charge in [-0.2, -0.15) is 0 Å². The van der Waals surface area contributed by atoms with E-state index in [2.05, 4.69) is 31.1 Å². The number of thiazole rings is 1. The smallest absolute Gasteiger partial charge is 0.0897 e. The molecule has 15 heavy (non-hydrogen) atoms. The van der Waals surface area contributed by atoms with Crippen molar-refractivity contribution in [1.82, 2.24) is 10.3 Å². The van der Waals surface area contributed by atoms with E-state index in [-0.39, 0.29) is 11.6 Å². The number of β-amino-alcohol motifs (C(OH)–C–C–N with tert-alkyl or cyclic N) is 1. The van der Waals surface area contributed by atoms with E-state index >= 15 is 0 Å². The topological polar surface area (TPSA) is 45.2 Å². The van der Waals surface area contributed by atoms with Gasteiger partial charge >= 0.3 is 0 Å². The Morgan fingerprint density at radius 3 is 2.67 bits per heavy atom. The van der Waals surface area contributed by atoms with Gasteiger partial charge < -0.3 is 10.4 Å². The van der Waals surface area contributed by atoms with Crippen molar-refractivity contribution in [2.75, 3.05) is 6.54 Å². The van der Waals surface area contributed by atoms with Crippen molar-refractivity contribution in [3.8, 4) is 0 Å². The summed E-state index contributed by atoms with van der Waals surface area (Å²) in [7, 11) is 0. The van der Waals surface area contributed by atoms with E-state index in [1.54, 1.807) is 11.3 Å². The molecule has 0 fully saturated rings. The molecule has 86 valence electrons. The molecule has 0 aliphatic heterocycles. The molecule has 1 rings (SSSR count). The standard InChI is InChI=1S/C11H20N2OS/c1-8-13-9(7-15-8)5-10(14)6-12-11(2,3)4/h7,10,12,14H,5-6H2,1-4H3. The normalized spacial score (nSPS) is 14.2. The van der Waals surface area contributed by atoms with Gasteiger partial charge in [0.25, 0.3) is 0 Å². The van der Waals surface area contributed by atoms with Crippen LogP contribution in [-0.2, 0) is 6.42 Å². The molecule has 0 radical (unpaired) electrons. The summed E-state index contributed by atoms with van der Waals surface area (Å²) in [6.07, 6.45) is 0.277. The van der Waals surface area contributed by atoms with Gasteiger partial charge in [0, 0.05) is 23.9 Å². The van der Waals surface area contributed by atoms with E-state index in [0.717, 1.165) is 10.7 Å². The second-order valence-corrected chi connectivity index (χ2v) is 5.91. The van der Waals surface area contributed by atoms with Crippen LogP contribution in [0.25, 0.3) is 0 Å². The fraction of sp³-hybridized carbons (Fsp3) is 0.727. The summed E-state index contributed by atoms with van der Waals surface area (Å²) < 4.78 is 0. The molecule has 0 aromatic carbocycles. The highest BCUT2D eigenvalue weighted by atomic mass is 32.1. The third-order valence-corrected chi connectivity index (χ3v) is 2.80. The Morgan fingerprint density at radius 1 is 1.53 bits per heavy atom. The molecular formula is C11H20N2OS. The average molecular weight is 228 g/mol. The minimum absolute atomic E-state index is 0.0545. The first kappa shape index (κ1) is 12.6. The van der Waals surface area contributed by atoms with E-state index in [1.807, 2.05) is 12.3 Å². The van der Waals surface area contributed by atoms with Gasteiger partial charge in [-0.05, 0) is 27.7 Å². The first-order valence-corrected chi connectivity index (χ1v) is 6.09. The van der Waals surface area contributed by atoms with Crippen molar-refractivity contribution in [2.24, 2.45) is 0 Å². The highest BCUT2D eigenvalue weighted by molar-refractivity contribution is 7.09. The Balaban J connectivity index is 2.33. The number of hydrogen-bond donors (Lipinski definition) is 2. The Kier molecular flexibility index (Phi) is 4.25. The van der Waals surface area contributed by atoms with Crippen LogP contribution in [0, 0.1) is 6.92 Å². The number of aromatic nitrogens is 1. The molecule has 1 heterocycles. The Hall–Kier alpha value is -0.450. The number of aryl methyl sites for hydroxylation is 1. The summed E-state index contributed by atoms with van der Waals surface area (Å²) in [5.41, 5.74) is 1.04. The number of aliphatic hydroxyl groups excluding tert-OH is 1. The molecule has 0 amide bonds. The summed E-state index contributed by atoms with van der Waals surface area (Å²) >= 11 is 1.63. The fourth-order valence-corrected chi connectivity index (χ4v) is 1.87. The highest BCUT2D eigenvalue weighted by Gasteiger charge is 2.13. The molecule has 1 atom stereocenters. The SMILES string of the molecule is Cc1nc(CC(O)CNC(C)(C)C)cs1. The number of nitrogens with zero attached hydrogens (tertiary/aromatic N) is 1. The zero-order valence-corrected chi connectivity index (χ0v) is 10.7. The van der Waals surface area contributed by atoms with E-state index < -0.39 is 0 Å². The molecule has 0 spiro atoms. The van der Waals surface area contributed by atoms with Crippen molar-refractivity contribution in [3.63, 3.8) is 0 Å². The zero-order valence-electron chi connectivity index (χ0n) is 9.87. The Morgan fingerprint density at radius 2 is 2.20 bits per heavy atom. The summed E-state index contributed by atoms with van der Waals surface area (Å²) in [5.74, 6) is 0. The average Bonchev–Trinajstić information content (AvgIpc) is 2.47. The molecule has 1 unspecified atom stereocenters. The lowest BCUT2D eigenvalue weighted by Crippen LogP contribution is -2.41. The van der Waals surface area contributed by atoms with E-state index in [9.17, 15) is 5.11 Å². The molecule has 1 aromatic heterocycles. The Labute approximate surface area is 95.6 Å². The fourth-order valence-electron chi connectivity index (χ4n) is 1.24. The first-order valence-electron chi connectivity index (χ1n) is 5.21. The first-order chi connectivity index (χ1) is 6.87. The molecule has 0 saturated heterocycles. The molecule has 3 nitrogen and oxygen atoms in total. The molecule has 0 aliphatic rings. The van der Waals surface area contributed by atoms with E-state index in [0.29, 0.717) is 13.0 Å².